The number of para-hydroxylation sites is 3. The summed E-state index contributed by atoms with van der Waals surface area (Å²) in [6.45, 7) is 0. The van der Waals surface area contributed by atoms with Crippen molar-refractivity contribution in [3.63, 3.8) is 0 Å². The van der Waals surface area contributed by atoms with E-state index in [1.54, 1.807) is 16.8 Å². The first-order chi connectivity index (χ1) is 23.2. The minimum atomic E-state index is -0.481. The zero-order chi connectivity index (χ0) is 32.0. The number of nitrogens with one attached hydrogen (secondary N) is 2. The van der Waals surface area contributed by atoms with Crippen molar-refractivity contribution in [3.05, 3.63) is 167 Å². The summed E-state index contributed by atoms with van der Waals surface area (Å²) in [5, 5.41) is 17.1. The second-order valence-corrected chi connectivity index (χ2v) is 11.3. The smallest absolute Gasteiger partial charge is 0.290 e. The molecule has 47 heavy (non-hydrogen) atoms. The lowest BCUT2D eigenvalue weighted by Crippen LogP contribution is -2.26. The Morgan fingerprint density at radius 1 is 0.574 bits per heavy atom. The first kappa shape index (κ1) is 29.3. The van der Waals surface area contributed by atoms with Gasteiger partial charge < -0.3 is 5.32 Å². The molecule has 5 aromatic carbocycles. The van der Waals surface area contributed by atoms with Crippen molar-refractivity contribution < 1.29 is 9.59 Å². The molecule has 0 aliphatic heterocycles. The van der Waals surface area contributed by atoms with Crippen LogP contribution in [0.2, 0.25) is 0 Å². The van der Waals surface area contributed by atoms with Crippen LogP contribution in [0.15, 0.2) is 157 Å². The van der Waals surface area contributed by atoms with E-state index in [0.29, 0.717) is 38.8 Å². The number of hydrogen-bond donors (Lipinski definition) is 2. The van der Waals surface area contributed by atoms with E-state index in [2.05, 4.69) is 20.9 Å². The number of anilines is 1. The largest absolute Gasteiger partial charge is 0.320 e. The third-order valence-electron chi connectivity index (χ3n) is 7.25. The van der Waals surface area contributed by atoms with Crippen LogP contribution >= 0.6 is 11.3 Å². The molecule has 10 heteroatoms. The summed E-state index contributed by atoms with van der Waals surface area (Å²) in [6, 6.07) is 47.4. The highest BCUT2D eigenvalue weighted by molar-refractivity contribution is 7.11. The summed E-state index contributed by atoms with van der Waals surface area (Å²) in [4.78, 5) is 27.8. The lowest BCUT2D eigenvalue weighted by atomic mass is 9.98. The Kier molecular flexibility index (Phi) is 8.30. The molecular weight excluding hydrogens is 607 g/mol. The molecule has 2 amide bonds. The number of hydrogen-bond acceptors (Lipinski definition) is 6. The zero-order valence-corrected chi connectivity index (χ0v) is 25.7. The molecule has 0 atom stereocenters. The number of benzene rings is 5. The third-order valence-corrected chi connectivity index (χ3v) is 8.16. The number of nitrogens with zero attached hydrogens (tertiary/aromatic N) is 5. The van der Waals surface area contributed by atoms with Crippen molar-refractivity contribution in [3.8, 4) is 33.8 Å². The Morgan fingerprint density at radius 3 is 1.68 bits per heavy atom. The molecule has 0 saturated heterocycles. The fraction of sp³-hybridized carbons (Fsp3) is 0. The Balaban J connectivity index is 1.34. The monoisotopic (exact) mass is 633 g/mol. The minimum Gasteiger partial charge on any atom is -0.320 e. The number of rotatable bonds is 8. The summed E-state index contributed by atoms with van der Waals surface area (Å²) in [7, 11) is 0. The van der Waals surface area contributed by atoms with Gasteiger partial charge >= 0.3 is 0 Å². The SMILES string of the molecule is O=C(Nc1ccccc1)c1nn(-c2ccccc2)/c(=N/NC(=O)c2c(-c3ccccc3)c(-c3ccccc3)nn2-c2ccccc2)s1. The molecule has 7 rings (SSSR count). The van der Waals surface area contributed by atoms with Crippen LogP contribution < -0.4 is 15.5 Å². The van der Waals surface area contributed by atoms with Gasteiger partial charge in [0.05, 0.1) is 11.4 Å². The molecule has 0 radical (unpaired) electrons. The lowest BCUT2D eigenvalue weighted by molar-refractivity contribution is 0.0945. The molecule has 0 saturated carbocycles. The number of carbonyl (C=O) groups excluding carboxylic acids is 2. The minimum absolute atomic E-state index is 0.177. The van der Waals surface area contributed by atoms with Crippen molar-refractivity contribution in [2.75, 3.05) is 5.32 Å². The molecule has 0 aliphatic carbocycles. The van der Waals surface area contributed by atoms with Crippen LogP contribution in [0.3, 0.4) is 0 Å². The summed E-state index contributed by atoms with van der Waals surface area (Å²) < 4.78 is 3.18. The van der Waals surface area contributed by atoms with Gasteiger partial charge in [-0.3, -0.25) is 9.59 Å². The molecule has 0 unspecified atom stereocenters. The van der Waals surface area contributed by atoms with Crippen LogP contribution in [0.5, 0.6) is 0 Å². The van der Waals surface area contributed by atoms with Crippen LogP contribution in [-0.2, 0) is 0 Å². The van der Waals surface area contributed by atoms with Crippen LogP contribution in [0.25, 0.3) is 33.8 Å². The Morgan fingerprint density at radius 2 is 1.09 bits per heavy atom. The van der Waals surface area contributed by atoms with E-state index >= 15 is 0 Å². The van der Waals surface area contributed by atoms with Crippen LogP contribution in [0.1, 0.15) is 20.3 Å². The van der Waals surface area contributed by atoms with Gasteiger partial charge in [-0.15, -0.1) is 10.2 Å². The van der Waals surface area contributed by atoms with Crippen molar-refractivity contribution in [2.45, 2.75) is 0 Å². The van der Waals surface area contributed by atoms with E-state index in [0.717, 1.165) is 22.5 Å². The van der Waals surface area contributed by atoms with E-state index < -0.39 is 5.91 Å². The maximum Gasteiger partial charge on any atom is 0.290 e. The normalized spacial score (nSPS) is 11.3. The standard InChI is InChI=1S/C37H27N7O2S/c45-34(39-40-37-44(30-24-14-5-15-25-30)42-36(47-37)35(46)38-28-20-10-3-11-21-28)33-31(26-16-6-1-7-17-26)32(27-18-8-2-9-19-27)41-43(33)29-22-12-4-13-23-29/h1-25H,(H,38,46)(H,39,45)/b40-37-. The quantitative estimate of drug-likeness (QED) is 0.177. The lowest BCUT2D eigenvalue weighted by Gasteiger charge is -2.09. The van der Waals surface area contributed by atoms with E-state index in [1.165, 1.54) is 4.68 Å². The van der Waals surface area contributed by atoms with Gasteiger partial charge in [-0.05, 0) is 42.0 Å². The van der Waals surface area contributed by atoms with E-state index in [-0.39, 0.29) is 10.9 Å². The first-order valence-electron chi connectivity index (χ1n) is 14.8. The molecule has 228 valence electrons. The van der Waals surface area contributed by atoms with E-state index in [4.69, 9.17) is 5.10 Å². The molecule has 0 aliphatic rings. The van der Waals surface area contributed by atoms with Crippen molar-refractivity contribution in [2.24, 2.45) is 5.10 Å². The predicted octanol–water partition coefficient (Wildman–Crippen LogP) is 6.95. The Hall–Kier alpha value is -6.39. The van der Waals surface area contributed by atoms with Gasteiger partial charge in [-0.25, -0.2) is 14.8 Å². The highest BCUT2D eigenvalue weighted by Gasteiger charge is 2.27. The Labute approximate surface area is 274 Å². The van der Waals surface area contributed by atoms with Gasteiger partial charge in [0, 0.05) is 16.8 Å². The zero-order valence-electron chi connectivity index (χ0n) is 24.9. The maximum atomic E-state index is 14.3. The summed E-state index contributed by atoms with van der Waals surface area (Å²) in [5.41, 5.74) is 8.12. The molecule has 2 aromatic heterocycles. The van der Waals surface area contributed by atoms with Crippen LogP contribution in [0.4, 0.5) is 5.69 Å². The number of amides is 2. The van der Waals surface area contributed by atoms with Gasteiger partial charge in [0.25, 0.3) is 11.8 Å². The average molecular weight is 634 g/mol. The maximum absolute atomic E-state index is 14.3. The van der Waals surface area contributed by atoms with Gasteiger partial charge in [-0.1, -0.05) is 127 Å². The second kappa shape index (κ2) is 13.3. The summed E-state index contributed by atoms with van der Waals surface area (Å²) >= 11 is 1.06. The fourth-order valence-corrected chi connectivity index (χ4v) is 5.86. The van der Waals surface area contributed by atoms with Crippen molar-refractivity contribution >= 4 is 28.8 Å². The predicted molar refractivity (Wildman–Crippen MR) is 183 cm³/mol. The van der Waals surface area contributed by atoms with E-state index in [1.807, 2.05) is 140 Å². The van der Waals surface area contributed by atoms with Crippen molar-refractivity contribution in [1.29, 1.82) is 0 Å². The molecule has 2 N–H and O–H groups in total. The average Bonchev–Trinajstić information content (AvgIpc) is 3.76. The molecule has 0 spiro atoms. The number of carbonyl (C=O) groups is 2. The van der Waals surface area contributed by atoms with Crippen molar-refractivity contribution in [1.82, 2.24) is 25.0 Å². The molecule has 0 fully saturated rings. The number of aromatic nitrogens is 4. The topological polar surface area (TPSA) is 106 Å². The molecule has 2 heterocycles. The third kappa shape index (κ3) is 6.26. The molecular formula is C37H27N7O2S. The molecule has 9 nitrogen and oxygen atoms in total. The Bertz CT molecular complexity index is 2210. The summed E-state index contributed by atoms with van der Waals surface area (Å²) in [5.74, 6) is -0.870. The summed E-state index contributed by atoms with van der Waals surface area (Å²) in [6.07, 6.45) is 0. The molecule has 7 aromatic rings. The fourth-order valence-electron chi connectivity index (χ4n) is 5.10. The van der Waals surface area contributed by atoms with Gasteiger partial charge in [-0.2, -0.15) is 5.10 Å². The van der Waals surface area contributed by atoms with Gasteiger partial charge in [0.15, 0.2) is 0 Å². The van der Waals surface area contributed by atoms with Crippen LogP contribution in [0, 0.1) is 0 Å². The highest BCUT2D eigenvalue weighted by atomic mass is 32.1. The van der Waals surface area contributed by atoms with Gasteiger partial charge in [0.2, 0.25) is 9.81 Å². The highest BCUT2D eigenvalue weighted by Crippen LogP contribution is 2.36. The second-order valence-electron chi connectivity index (χ2n) is 10.4. The van der Waals surface area contributed by atoms with Gasteiger partial charge in [0.1, 0.15) is 11.4 Å². The van der Waals surface area contributed by atoms with Crippen LogP contribution in [-0.4, -0.2) is 31.4 Å². The first-order valence-corrected chi connectivity index (χ1v) is 15.6. The molecule has 0 bridgehead atoms. The van der Waals surface area contributed by atoms with E-state index in [9.17, 15) is 9.59 Å².